The van der Waals surface area contributed by atoms with Crippen molar-refractivity contribution in [1.82, 2.24) is 9.97 Å². The van der Waals surface area contributed by atoms with Crippen LogP contribution in [0.4, 0.5) is 5.69 Å². The third kappa shape index (κ3) is 3.18. The van der Waals surface area contributed by atoms with E-state index >= 15 is 0 Å². The lowest BCUT2D eigenvalue weighted by Crippen LogP contribution is -2.48. The minimum Gasteiger partial charge on any atom is -0.375 e. The molecule has 0 saturated carbocycles. The Morgan fingerprint density at radius 2 is 2.21 bits per heavy atom. The third-order valence-corrected chi connectivity index (χ3v) is 3.68. The second-order valence-corrected chi connectivity index (χ2v) is 5.76. The fourth-order valence-corrected chi connectivity index (χ4v) is 2.48. The number of aromatic nitrogens is 2. The average Bonchev–Trinajstić information content (AvgIpc) is 2.40. The van der Waals surface area contributed by atoms with E-state index in [2.05, 4.69) is 42.6 Å². The summed E-state index contributed by atoms with van der Waals surface area (Å²) >= 11 is 6.06. The number of morpholine rings is 1. The summed E-state index contributed by atoms with van der Waals surface area (Å²) < 4.78 is 5.66. The van der Waals surface area contributed by atoms with E-state index in [1.807, 2.05) is 6.20 Å². The number of alkyl halides is 1. The molecule has 106 valence electrons. The van der Waals surface area contributed by atoms with Gasteiger partial charge in [0.1, 0.15) is 5.82 Å². The highest BCUT2D eigenvalue weighted by atomic mass is 35.5. The summed E-state index contributed by atoms with van der Waals surface area (Å²) in [5.41, 5.74) is 1.96. The third-order valence-electron chi connectivity index (χ3n) is 3.42. The van der Waals surface area contributed by atoms with Crippen LogP contribution in [0.2, 0.25) is 0 Å². The zero-order valence-electron chi connectivity index (χ0n) is 12.1. The van der Waals surface area contributed by atoms with E-state index in [-0.39, 0.29) is 6.10 Å². The molecule has 0 aliphatic carbocycles. The minimum absolute atomic E-state index is 0.226. The standard InChI is InChI=1S/C14H22ClN3O/c1-9(2)14-16-6-13(12(5-15)17-14)18-7-11(4)19-8-10(18)3/h6,9-11H,5,7-8H2,1-4H3. The van der Waals surface area contributed by atoms with E-state index in [9.17, 15) is 0 Å². The zero-order chi connectivity index (χ0) is 14.0. The Balaban J connectivity index is 2.32. The van der Waals surface area contributed by atoms with Crippen LogP contribution in [0, 0.1) is 0 Å². The molecule has 1 saturated heterocycles. The van der Waals surface area contributed by atoms with Crippen molar-refractivity contribution in [1.29, 1.82) is 0 Å². The second-order valence-electron chi connectivity index (χ2n) is 5.49. The number of anilines is 1. The molecule has 4 nitrogen and oxygen atoms in total. The zero-order valence-corrected chi connectivity index (χ0v) is 12.8. The van der Waals surface area contributed by atoms with Crippen LogP contribution in [0.3, 0.4) is 0 Å². The number of nitrogens with zero attached hydrogens (tertiary/aromatic N) is 3. The molecule has 0 aromatic carbocycles. The van der Waals surface area contributed by atoms with Crippen LogP contribution in [-0.2, 0) is 10.6 Å². The molecule has 1 fully saturated rings. The minimum atomic E-state index is 0.226. The molecule has 1 aliphatic rings. The van der Waals surface area contributed by atoms with Crippen molar-refractivity contribution < 1.29 is 4.74 Å². The van der Waals surface area contributed by atoms with Gasteiger partial charge in [-0.2, -0.15) is 0 Å². The Morgan fingerprint density at radius 3 is 2.84 bits per heavy atom. The largest absolute Gasteiger partial charge is 0.375 e. The summed E-state index contributed by atoms with van der Waals surface area (Å²) in [6, 6.07) is 0.326. The fourth-order valence-electron chi connectivity index (χ4n) is 2.28. The number of rotatable bonds is 3. The number of hydrogen-bond acceptors (Lipinski definition) is 4. The number of hydrogen-bond donors (Lipinski definition) is 0. The van der Waals surface area contributed by atoms with E-state index in [1.165, 1.54) is 0 Å². The molecule has 1 aliphatic heterocycles. The number of halogens is 1. The van der Waals surface area contributed by atoms with Gasteiger partial charge in [-0.15, -0.1) is 11.6 Å². The molecular weight excluding hydrogens is 262 g/mol. The summed E-state index contributed by atoms with van der Waals surface area (Å²) in [6.07, 6.45) is 2.14. The molecule has 0 amide bonds. The highest BCUT2D eigenvalue weighted by molar-refractivity contribution is 6.17. The lowest BCUT2D eigenvalue weighted by atomic mass is 10.1. The van der Waals surface area contributed by atoms with Crippen molar-refractivity contribution in [3.63, 3.8) is 0 Å². The molecule has 0 spiro atoms. The van der Waals surface area contributed by atoms with Crippen molar-refractivity contribution >= 4 is 17.3 Å². The first-order valence-corrected chi connectivity index (χ1v) is 7.36. The lowest BCUT2D eigenvalue weighted by Gasteiger charge is -2.38. The van der Waals surface area contributed by atoms with Gasteiger partial charge in [-0.3, -0.25) is 0 Å². The van der Waals surface area contributed by atoms with Gasteiger partial charge in [0, 0.05) is 18.5 Å². The smallest absolute Gasteiger partial charge is 0.131 e. The molecule has 2 atom stereocenters. The SMILES string of the molecule is CC1CN(c2cnc(C(C)C)nc2CCl)C(C)CO1. The maximum Gasteiger partial charge on any atom is 0.131 e. The van der Waals surface area contributed by atoms with Crippen LogP contribution in [0.15, 0.2) is 6.20 Å². The summed E-state index contributed by atoms with van der Waals surface area (Å²) in [6.45, 7) is 10.0. The molecule has 5 heteroatoms. The molecule has 1 aromatic rings. The Labute approximate surface area is 120 Å². The van der Waals surface area contributed by atoms with Crippen molar-refractivity contribution in [2.24, 2.45) is 0 Å². The maximum absolute atomic E-state index is 6.06. The van der Waals surface area contributed by atoms with E-state index < -0.39 is 0 Å². The van der Waals surface area contributed by atoms with E-state index in [1.54, 1.807) is 0 Å². The van der Waals surface area contributed by atoms with E-state index in [4.69, 9.17) is 16.3 Å². The fraction of sp³-hybridized carbons (Fsp3) is 0.714. The monoisotopic (exact) mass is 283 g/mol. The summed E-state index contributed by atoms with van der Waals surface area (Å²) in [5, 5.41) is 0. The predicted molar refractivity (Wildman–Crippen MR) is 77.9 cm³/mol. The summed E-state index contributed by atoms with van der Waals surface area (Å²) in [5.74, 6) is 1.58. The van der Waals surface area contributed by atoms with Gasteiger partial charge < -0.3 is 9.64 Å². The molecule has 1 aromatic heterocycles. The molecule has 0 radical (unpaired) electrons. The first-order valence-electron chi connectivity index (χ1n) is 6.83. The molecule has 0 bridgehead atoms. The van der Waals surface area contributed by atoms with E-state index in [0.717, 1.165) is 30.4 Å². The van der Waals surface area contributed by atoms with Gasteiger partial charge in [0.15, 0.2) is 0 Å². The van der Waals surface area contributed by atoms with Gasteiger partial charge >= 0.3 is 0 Å². The average molecular weight is 284 g/mol. The van der Waals surface area contributed by atoms with Gasteiger partial charge in [-0.05, 0) is 13.8 Å². The Kier molecular flexibility index (Phi) is 4.63. The Morgan fingerprint density at radius 1 is 1.47 bits per heavy atom. The highest BCUT2D eigenvalue weighted by Crippen LogP contribution is 2.26. The summed E-state index contributed by atoms with van der Waals surface area (Å²) in [4.78, 5) is 11.4. The molecule has 2 heterocycles. The predicted octanol–water partition coefficient (Wildman–Crippen LogP) is 2.95. The van der Waals surface area contributed by atoms with Gasteiger partial charge in [0.2, 0.25) is 0 Å². The van der Waals surface area contributed by atoms with Crippen LogP contribution in [-0.4, -0.2) is 35.3 Å². The van der Waals surface area contributed by atoms with Crippen molar-refractivity contribution in [2.45, 2.75) is 51.6 Å². The van der Waals surface area contributed by atoms with Gasteiger partial charge in [-0.1, -0.05) is 13.8 Å². The lowest BCUT2D eigenvalue weighted by molar-refractivity contribution is 0.0342. The number of ether oxygens (including phenoxy) is 1. The molecule has 19 heavy (non-hydrogen) atoms. The molecular formula is C14H22ClN3O. The van der Waals surface area contributed by atoms with Crippen molar-refractivity contribution in [2.75, 3.05) is 18.1 Å². The van der Waals surface area contributed by atoms with Gasteiger partial charge in [-0.25, -0.2) is 9.97 Å². The Hall–Kier alpha value is -0.870. The van der Waals surface area contributed by atoms with Crippen molar-refractivity contribution in [3.8, 4) is 0 Å². The van der Waals surface area contributed by atoms with Crippen LogP contribution in [0.5, 0.6) is 0 Å². The van der Waals surface area contributed by atoms with Gasteiger partial charge in [0.25, 0.3) is 0 Å². The van der Waals surface area contributed by atoms with Crippen LogP contribution >= 0.6 is 11.6 Å². The van der Waals surface area contributed by atoms with Crippen molar-refractivity contribution in [3.05, 3.63) is 17.7 Å². The van der Waals surface area contributed by atoms with Gasteiger partial charge in [0.05, 0.1) is 36.2 Å². The maximum atomic E-state index is 6.06. The Bertz CT molecular complexity index is 439. The summed E-state index contributed by atoms with van der Waals surface area (Å²) in [7, 11) is 0. The second kappa shape index (κ2) is 6.06. The molecule has 2 rings (SSSR count). The normalized spacial score (nSPS) is 24.0. The van der Waals surface area contributed by atoms with Crippen LogP contribution in [0.25, 0.3) is 0 Å². The van der Waals surface area contributed by atoms with Crippen LogP contribution < -0.4 is 4.90 Å². The highest BCUT2D eigenvalue weighted by Gasteiger charge is 2.26. The topological polar surface area (TPSA) is 38.2 Å². The molecule has 0 N–H and O–H groups in total. The van der Waals surface area contributed by atoms with E-state index in [0.29, 0.717) is 17.8 Å². The molecule has 2 unspecified atom stereocenters. The first-order chi connectivity index (χ1) is 9.02. The van der Waals surface area contributed by atoms with Crippen LogP contribution in [0.1, 0.15) is 45.1 Å². The first kappa shape index (κ1) is 14.5. The quantitative estimate of drug-likeness (QED) is 0.800.